The van der Waals surface area contributed by atoms with E-state index < -0.39 is 16.3 Å². The second-order valence-electron chi connectivity index (χ2n) is 6.46. The molecule has 0 heterocycles. The molecule has 0 aliphatic rings. The number of hydrogen-bond donors (Lipinski definition) is 4. The van der Waals surface area contributed by atoms with Crippen LogP contribution in [-0.4, -0.2) is 49.9 Å². The fraction of sp³-hybridized carbons (Fsp3) is 0.316. The molecule has 0 spiro atoms. The third-order valence-electron chi connectivity index (χ3n) is 4.22. The number of phenols is 1. The predicted octanol–water partition coefficient (Wildman–Crippen LogP) is 1.56. The van der Waals surface area contributed by atoms with Crippen LogP contribution < -0.4 is 10.0 Å². The van der Waals surface area contributed by atoms with Crippen molar-refractivity contribution in [2.24, 2.45) is 0 Å². The van der Waals surface area contributed by atoms with Crippen LogP contribution in [0.15, 0.2) is 48.5 Å². The molecule has 28 heavy (non-hydrogen) atoms. The Bertz CT molecular complexity index is 888. The van der Waals surface area contributed by atoms with E-state index in [9.17, 15) is 23.4 Å². The molecule has 0 aliphatic carbocycles. The molecule has 8 nitrogen and oxygen atoms in total. The first-order chi connectivity index (χ1) is 13.2. The van der Waals surface area contributed by atoms with Gasteiger partial charge in [0, 0.05) is 33.1 Å². The highest BCUT2D eigenvalue weighted by Crippen LogP contribution is 2.28. The van der Waals surface area contributed by atoms with Crippen LogP contribution >= 0.6 is 0 Å². The molecule has 0 amide bonds. The van der Waals surface area contributed by atoms with Gasteiger partial charge in [0.05, 0.1) is 11.8 Å². The van der Waals surface area contributed by atoms with Gasteiger partial charge in [0.25, 0.3) is 0 Å². The SMILES string of the molecule is CN(C)S(=O)(=O)Nc1cc(C(O)CNC(CC=O)c2ccccc2)ccc1O. The van der Waals surface area contributed by atoms with E-state index in [0.29, 0.717) is 5.56 Å². The number of hydrogen-bond acceptors (Lipinski definition) is 6. The second-order valence-corrected chi connectivity index (χ2v) is 8.34. The molecule has 2 atom stereocenters. The van der Waals surface area contributed by atoms with Gasteiger partial charge in [0.15, 0.2) is 0 Å². The van der Waals surface area contributed by atoms with Gasteiger partial charge in [-0.05, 0) is 23.3 Å². The molecular weight excluding hydrogens is 382 g/mol. The van der Waals surface area contributed by atoms with Gasteiger partial charge in [-0.1, -0.05) is 36.4 Å². The molecule has 0 saturated carbocycles. The van der Waals surface area contributed by atoms with Crippen molar-refractivity contribution in [2.75, 3.05) is 25.4 Å². The van der Waals surface area contributed by atoms with E-state index in [1.54, 1.807) is 0 Å². The standard InChI is InChI=1S/C19H25N3O5S/c1-22(2)28(26,27)21-17-12-15(8-9-18(17)24)19(25)13-20-16(10-11-23)14-6-4-3-5-7-14/h3-9,11-12,16,19-21,24-25H,10,13H2,1-2H3. The zero-order valence-corrected chi connectivity index (χ0v) is 16.6. The molecule has 152 valence electrons. The minimum absolute atomic E-state index is 0.0299. The lowest BCUT2D eigenvalue weighted by molar-refractivity contribution is -0.108. The topological polar surface area (TPSA) is 119 Å². The number of aromatic hydroxyl groups is 1. The lowest BCUT2D eigenvalue weighted by Crippen LogP contribution is -2.29. The monoisotopic (exact) mass is 407 g/mol. The molecule has 9 heteroatoms. The molecule has 0 aromatic heterocycles. The summed E-state index contributed by atoms with van der Waals surface area (Å²) in [6, 6.07) is 13.3. The van der Waals surface area contributed by atoms with Crippen LogP contribution in [0.1, 0.15) is 29.7 Å². The van der Waals surface area contributed by atoms with Gasteiger partial charge in [-0.15, -0.1) is 0 Å². The maximum Gasteiger partial charge on any atom is 0.301 e. The summed E-state index contributed by atoms with van der Waals surface area (Å²) in [7, 11) is -1.08. The zero-order valence-electron chi connectivity index (χ0n) is 15.7. The number of benzene rings is 2. The Kier molecular flexibility index (Phi) is 7.53. The number of aliphatic hydroxyl groups excluding tert-OH is 1. The van der Waals surface area contributed by atoms with Crippen LogP contribution in [0.5, 0.6) is 5.75 Å². The highest BCUT2D eigenvalue weighted by molar-refractivity contribution is 7.90. The van der Waals surface area contributed by atoms with E-state index in [1.807, 2.05) is 30.3 Å². The molecule has 0 aliphatic heterocycles. The van der Waals surface area contributed by atoms with Gasteiger partial charge >= 0.3 is 10.2 Å². The van der Waals surface area contributed by atoms with Gasteiger partial charge in [-0.2, -0.15) is 12.7 Å². The van der Waals surface area contributed by atoms with Gasteiger partial charge in [-0.3, -0.25) is 4.72 Å². The first kappa shape index (κ1) is 21.8. The summed E-state index contributed by atoms with van der Waals surface area (Å²) in [4.78, 5) is 11.0. The van der Waals surface area contributed by atoms with Gasteiger partial charge < -0.3 is 20.3 Å². The van der Waals surface area contributed by atoms with Crippen molar-refractivity contribution >= 4 is 22.2 Å². The Hall–Kier alpha value is -2.46. The summed E-state index contributed by atoms with van der Waals surface area (Å²) < 4.78 is 27.2. The summed E-state index contributed by atoms with van der Waals surface area (Å²) in [6.45, 7) is 0.137. The third-order valence-corrected chi connectivity index (χ3v) is 5.66. The van der Waals surface area contributed by atoms with Crippen LogP contribution in [0.25, 0.3) is 0 Å². The smallest absolute Gasteiger partial charge is 0.301 e. The molecule has 0 fully saturated rings. The highest BCUT2D eigenvalue weighted by Gasteiger charge is 2.18. The first-order valence-corrected chi connectivity index (χ1v) is 10.1. The van der Waals surface area contributed by atoms with E-state index in [-0.39, 0.29) is 30.4 Å². The first-order valence-electron chi connectivity index (χ1n) is 8.68. The molecule has 2 aromatic rings. The van der Waals surface area contributed by atoms with Crippen LogP contribution in [0.3, 0.4) is 0 Å². The summed E-state index contributed by atoms with van der Waals surface area (Å²) in [5.74, 6) is -0.252. The number of carbonyl (C=O) groups is 1. The number of nitrogens with one attached hydrogen (secondary N) is 2. The number of rotatable bonds is 10. The third kappa shape index (κ3) is 5.77. The van der Waals surface area contributed by atoms with E-state index >= 15 is 0 Å². The maximum absolute atomic E-state index is 12.0. The molecule has 2 aromatic carbocycles. The van der Waals surface area contributed by atoms with Crippen LogP contribution in [-0.2, 0) is 15.0 Å². The fourth-order valence-corrected chi connectivity index (χ4v) is 3.19. The Morgan fingerprint density at radius 1 is 1.11 bits per heavy atom. The van der Waals surface area contributed by atoms with Crippen molar-refractivity contribution < 1.29 is 23.4 Å². The van der Waals surface area contributed by atoms with Crippen LogP contribution in [0.2, 0.25) is 0 Å². The van der Waals surface area contributed by atoms with Crippen LogP contribution in [0.4, 0.5) is 5.69 Å². The van der Waals surface area contributed by atoms with Crippen molar-refractivity contribution in [1.29, 1.82) is 0 Å². The van der Waals surface area contributed by atoms with Crippen molar-refractivity contribution in [3.63, 3.8) is 0 Å². The number of nitrogens with zero attached hydrogens (tertiary/aromatic N) is 1. The number of carbonyl (C=O) groups excluding carboxylic acids is 1. The van der Waals surface area contributed by atoms with Gasteiger partial charge in [-0.25, -0.2) is 0 Å². The number of anilines is 1. The Morgan fingerprint density at radius 3 is 2.39 bits per heavy atom. The highest BCUT2D eigenvalue weighted by atomic mass is 32.2. The average Bonchev–Trinajstić information content (AvgIpc) is 2.67. The quantitative estimate of drug-likeness (QED) is 0.351. The molecular formula is C19H25N3O5S. The number of aldehydes is 1. The van der Waals surface area contributed by atoms with Crippen molar-refractivity contribution in [2.45, 2.75) is 18.6 Å². The Labute approximate surface area is 165 Å². The second kappa shape index (κ2) is 9.65. The summed E-state index contributed by atoms with van der Waals surface area (Å²) >= 11 is 0. The summed E-state index contributed by atoms with van der Waals surface area (Å²) in [5, 5.41) is 23.5. The average molecular weight is 407 g/mol. The lowest BCUT2D eigenvalue weighted by atomic mass is 10.0. The van der Waals surface area contributed by atoms with Gasteiger partial charge in [0.1, 0.15) is 12.0 Å². The Balaban J connectivity index is 2.12. The van der Waals surface area contributed by atoms with E-state index in [2.05, 4.69) is 10.0 Å². The fourth-order valence-electron chi connectivity index (χ4n) is 2.56. The van der Waals surface area contributed by atoms with E-state index in [0.717, 1.165) is 16.2 Å². The summed E-state index contributed by atoms with van der Waals surface area (Å²) in [5.41, 5.74) is 1.31. The lowest BCUT2D eigenvalue weighted by Gasteiger charge is -2.20. The van der Waals surface area contributed by atoms with E-state index in [4.69, 9.17) is 0 Å². The molecule has 0 saturated heterocycles. The molecule has 4 N–H and O–H groups in total. The summed E-state index contributed by atoms with van der Waals surface area (Å²) in [6.07, 6.45) is 0.0902. The van der Waals surface area contributed by atoms with E-state index in [1.165, 1.54) is 32.3 Å². The molecule has 2 unspecified atom stereocenters. The van der Waals surface area contributed by atoms with Gasteiger partial charge in [0.2, 0.25) is 0 Å². The molecule has 0 radical (unpaired) electrons. The predicted molar refractivity (Wildman–Crippen MR) is 107 cm³/mol. The number of aliphatic hydroxyl groups is 1. The van der Waals surface area contributed by atoms with Crippen molar-refractivity contribution in [3.05, 3.63) is 59.7 Å². The van der Waals surface area contributed by atoms with Crippen LogP contribution in [0, 0.1) is 0 Å². The largest absolute Gasteiger partial charge is 0.506 e. The zero-order chi connectivity index (χ0) is 20.7. The Morgan fingerprint density at radius 2 is 1.79 bits per heavy atom. The number of phenolic OH excluding ortho intramolecular Hbond substituents is 1. The normalized spacial score (nSPS) is 13.9. The van der Waals surface area contributed by atoms with Crippen molar-refractivity contribution in [3.8, 4) is 5.75 Å². The minimum Gasteiger partial charge on any atom is -0.506 e. The molecule has 2 rings (SSSR count). The molecule has 0 bridgehead atoms. The minimum atomic E-state index is -3.80. The maximum atomic E-state index is 12.0. The van der Waals surface area contributed by atoms with Crippen molar-refractivity contribution in [1.82, 2.24) is 9.62 Å².